The summed E-state index contributed by atoms with van der Waals surface area (Å²) >= 11 is 5.30. The molecule has 4 nitrogen and oxygen atoms in total. The lowest BCUT2D eigenvalue weighted by Gasteiger charge is -2.02. The molecule has 1 aromatic heterocycles. The molecule has 0 bridgehead atoms. The molecule has 2 aromatic carbocycles. The minimum atomic E-state index is 0.468. The molecule has 24 heavy (non-hydrogen) atoms. The van der Waals surface area contributed by atoms with Crippen molar-refractivity contribution < 1.29 is 0 Å². The highest BCUT2D eigenvalue weighted by Crippen LogP contribution is 2.18. The molecule has 0 fully saturated rings. The van der Waals surface area contributed by atoms with E-state index in [1.165, 1.54) is 0 Å². The zero-order valence-corrected chi connectivity index (χ0v) is 14.4. The van der Waals surface area contributed by atoms with Gasteiger partial charge in [-0.25, -0.2) is 5.10 Å². The molecule has 0 radical (unpaired) electrons. The highest BCUT2D eigenvalue weighted by molar-refractivity contribution is 7.71. The Bertz CT molecular complexity index is 949. The number of hydrogen-bond donors (Lipinski definition) is 1. The average molecular weight is 334 g/mol. The van der Waals surface area contributed by atoms with E-state index in [1.807, 2.05) is 50.2 Å². The molecule has 1 N–H and O–H groups in total. The van der Waals surface area contributed by atoms with E-state index in [2.05, 4.69) is 39.6 Å². The van der Waals surface area contributed by atoms with Crippen LogP contribution < -0.4 is 0 Å². The van der Waals surface area contributed by atoms with Gasteiger partial charge in [-0.2, -0.15) is 14.9 Å². The highest BCUT2D eigenvalue weighted by atomic mass is 32.1. The maximum Gasteiger partial charge on any atom is 0.216 e. The lowest BCUT2D eigenvalue weighted by Crippen LogP contribution is -1.95. The van der Waals surface area contributed by atoms with Crippen molar-refractivity contribution in [2.45, 2.75) is 13.8 Å². The van der Waals surface area contributed by atoms with E-state index in [-0.39, 0.29) is 0 Å². The quantitative estimate of drug-likeness (QED) is 0.547. The number of aromatic amines is 1. The first-order valence-corrected chi connectivity index (χ1v) is 8.06. The van der Waals surface area contributed by atoms with Crippen molar-refractivity contribution in [2.75, 3.05) is 0 Å². The number of aryl methyl sites for hydroxylation is 1. The van der Waals surface area contributed by atoms with Gasteiger partial charge in [-0.15, -0.1) is 0 Å². The van der Waals surface area contributed by atoms with Crippen molar-refractivity contribution >= 4 is 24.5 Å². The molecule has 3 rings (SSSR count). The second-order valence-corrected chi connectivity index (χ2v) is 5.96. The summed E-state index contributed by atoms with van der Waals surface area (Å²) in [4.78, 5) is 0. The monoisotopic (exact) mass is 334 g/mol. The molecule has 0 aliphatic carbocycles. The van der Waals surface area contributed by atoms with Crippen LogP contribution in [0.25, 0.3) is 17.5 Å². The molecule has 3 aromatic rings. The molecule has 0 atom stereocenters. The molecule has 0 spiro atoms. The smallest absolute Gasteiger partial charge is 0.216 e. The Morgan fingerprint density at radius 2 is 1.96 bits per heavy atom. The zero-order chi connectivity index (χ0) is 16.9. The van der Waals surface area contributed by atoms with Crippen LogP contribution in [-0.4, -0.2) is 21.1 Å². The van der Waals surface area contributed by atoms with Crippen molar-refractivity contribution in [1.29, 1.82) is 0 Å². The lowest BCUT2D eigenvalue weighted by molar-refractivity contribution is 0.871. The molecule has 1 heterocycles. The third-order valence-electron chi connectivity index (χ3n) is 3.50. The van der Waals surface area contributed by atoms with Crippen molar-refractivity contribution in [3.63, 3.8) is 0 Å². The second-order valence-electron chi connectivity index (χ2n) is 5.58. The Kier molecular flexibility index (Phi) is 4.82. The largest absolute Gasteiger partial charge is 0.250 e. The molecular weight excluding hydrogens is 316 g/mol. The minimum absolute atomic E-state index is 0.468. The van der Waals surface area contributed by atoms with Crippen LogP contribution in [0.3, 0.4) is 0 Å². The predicted octanol–water partition coefficient (Wildman–Crippen LogP) is 4.85. The van der Waals surface area contributed by atoms with Gasteiger partial charge in [-0.1, -0.05) is 60.2 Å². The number of H-pyrrole nitrogens is 1. The summed E-state index contributed by atoms with van der Waals surface area (Å²) in [6, 6.07) is 18.2. The molecule has 120 valence electrons. The fraction of sp³-hybridized carbons (Fsp3) is 0.105. The first kappa shape index (κ1) is 16.1. The molecular formula is C19H18N4S. The van der Waals surface area contributed by atoms with Crippen LogP contribution in [0.2, 0.25) is 0 Å². The Morgan fingerprint density at radius 3 is 2.71 bits per heavy atom. The van der Waals surface area contributed by atoms with Crippen molar-refractivity contribution in [3.8, 4) is 11.4 Å². The van der Waals surface area contributed by atoms with Crippen LogP contribution in [0.15, 0.2) is 65.3 Å². The number of allylic oxidation sites excluding steroid dienone is 1. The van der Waals surface area contributed by atoms with Gasteiger partial charge in [0.05, 0.1) is 6.21 Å². The molecule has 0 unspecified atom stereocenters. The van der Waals surface area contributed by atoms with Gasteiger partial charge in [-0.05, 0) is 43.3 Å². The van der Waals surface area contributed by atoms with Crippen LogP contribution in [0.1, 0.15) is 18.1 Å². The van der Waals surface area contributed by atoms with E-state index in [4.69, 9.17) is 12.2 Å². The van der Waals surface area contributed by atoms with Gasteiger partial charge < -0.3 is 0 Å². The average Bonchev–Trinajstić information content (AvgIpc) is 2.95. The lowest BCUT2D eigenvalue weighted by atomic mass is 10.1. The molecule has 0 saturated carbocycles. The van der Waals surface area contributed by atoms with Gasteiger partial charge in [0.1, 0.15) is 0 Å². The summed E-state index contributed by atoms with van der Waals surface area (Å²) < 4.78 is 2.11. The van der Waals surface area contributed by atoms with Gasteiger partial charge in [0.2, 0.25) is 4.77 Å². The van der Waals surface area contributed by atoms with Gasteiger partial charge >= 0.3 is 0 Å². The van der Waals surface area contributed by atoms with E-state index in [9.17, 15) is 0 Å². The van der Waals surface area contributed by atoms with Crippen molar-refractivity contribution in [3.05, 3.63) is 76.1 Å². The fourth-order valence-electron chi connectivity index (χ4n) is 2.37. The summed E-state index contributed by atoms with van der Waals surface area (Å²) in [7, 11) is 0. The maximum absolute atomic E-state index is 5.30. The summed E-state index contributed by atoms with van der Waals surface area (Å²) in [5.74, 6) is 0.701. The van der Waals surface area contributed by atoms with E-state index in [0.29, 0.717) is 10.6 Å². The van der Waals surface area contributed by atoms with Crippen LogP contribution in [0.4, 0.5) is 0 Å². The van der Waals surface area contributed by atoms with E-state index in [1.54, 1.807) is 10.9 Å². The number of nitrogens with zero attached hydrogens (tertiary/aromatic N) is 3. The van der Waals surface area contributed by atoms with Crippen molar-refractivity contribution in [2.24, 2.45) is 5.10 Å². The third kappa shape index (κ3) is 3.75. The number of hydrogen-bond acceptors (Lipinski definition) is 3. The van der Waals surface area contributed by atoms with E-state index < -0.39 is 0 Å². The summed E-state index contributed by atoms with van der Waals surface area (Å²) in [5, 5.41) is 11.6. The summed E-state index contributed by atoms with van der Waals surface area (Å²) in [5.41, 5.74) is 4.30. The maximum atomic E-state index is 5.30. The second kappa shape index (κ2) is 7.19. The number of nitrogens with one attached hydrogen (secondary N) is 1. The van der Waals surface area contributed by atoms with Gasteiger partial charge in [0.15, 0.2) is 5.82 Å². The first-order chi connectivity index (χ1) is 11.6. The summed E-state index contributed by atoms with van der Waals surface area (Å²) in [6.45, 7) is 4.05. The Hall–Kier alpha value is -2.79. The molecule has 0 amide bonds. The molecule has 0 aliphatic heterocycles. The topological polar surface area (TPSA) is 46.0 Å². The van der Waals surface area contributed by atoms with Crippen LogP contribution in [-0.2, 0) is 0 Å². The fourth-order valence-corrected chi connectivity index (χ4v) is 2.55. The number of rotatable bonds is 4. The Labute approximate surface area is 146 Å². The number of aromatic nitrogens is 3. The SMILES string of the molecule is CC(/C=N\n1c(-c2cccc(C)c2)n[nH]c1=S)=C\c1ccccc1. The van der Waals surface area contributed by atoms with Crippen LogP contribution in [0.5, 0.6) is 0 Å². The molecule has 0 saturated heterocycles. The minimum Gasteiger partial charge on any atom is -0.250 e. The normalized spacial score (nSPS) is 12.0. The predicted molar refractivity (Wildman–Crippen MR) is 102 cm³/mol. The third-order valence-corrected chi connectivity index (χ3v) is 3.76. The van der Waals surface area contributed by atoms with Crippen LogP contribution >= 0.6 is 12.2 Å². The van der Waals surface area contributed by atoms with Gasteiger partial charge in [0, 0.05) is 5.56 Å². The van der Waals surface area contributed by atoms with E-state index in [0.717, 1.165) is 22.3 Å². The van der Waals surface area contributed by atoms with Crippen molar-refractivity contribution in [1.82, 2.24) is 14.9 Å². The standard InChI is InChI=1S/C19H18N4S/c1-14-7-6-10-17(12-14)18-21-22-19(24)23(18)20-13-15(2)11-16-8-4-3-5-9-16/h3-13H,1-2H3,(H,22,24)/b15-11+,20-13-. The summed E-state index contributed by atoms with van der Waals surface area (Å²) in [6.07, 6.45) is 3.86. The molecule has 0 aliphatic rings. The van der Waals surface area contributed by atoms with Gasteiger partial charge in [0.25, 0.3) is 0 Å². The Morgan fingerprint density at radius 1 is 1.17 bits per heavy atom. The molecule has 5 heteroatoms. The van der Waals surface area contributed by atoms with Crippen LogP contribution in [0, 0.1) is 11.7 Å². The zero-order valence-electron chi connectivity index (χ0n) is 13.6. The van der Waals surface area contributed by atoms with E-state index >= 15 is 0 Å². The number of benzene rings is 2. The first-order valence-electron chi connectivity index (χ1n) is 7.65. The highest BCUT2D eigenvalue weighted by Gasteiger charge is 2.07. The Balaban J connectivity index is 1.92. The van der Waals surface area contributed by atoms with Gasteiger partial charge in [-0.3, -0.25) is 0 Å².